The number of hydrogen-bond acceptors (Lipinski definition) is 4. The zero-order valence-corrected chi connectivity index (χ0v) is 15.6. The van der Waals surface area contributed by atoms with E-state index in [1.807, 2.05) is 29.2 Å². The lowest BCUT2D eigenvalue weighted by Crippen LogP contribution is -2.51. The van der Waals surface area contributed by atoms with Gasteiger partial charge in [0.2, 0.25) is 5.91 Å². The second kappa shape index (κ2) is 8.19. The van der Waals surface area contributed by atoms with Gasteiger partial charge in [0.15, 0.2) is 0 Å². The van der Waals surface area contributed by atoms with Crippen LogP contribution in [0.15, 0.2) is 24.3 Å². The van der Waals surface area contributed by atoms with Crippen molar-refractivity contribution in [2.45, 2.75) is 26.2 Å². The Morgan fingerprint density at radius 3 is 2.52 bits per heavy atom. The molecule has 138 valence electrons. The summed E-state index contributed by atoms with van der Waals surface area (Å²) >= 11 is 0. The average Bonchev–Trinajstić information content (AvgIpc) is 3.07. The average molecular weight is 345 g/mol. The van der Waals surface area contributed by atoms with E-state index in [1.54, 1.807) is 7.11 Å². The first-order chi connectivity index (χ1) is 12.1. The van der Waals surface area contributed by atoms with Gasteiger partial charge >= 0.3 is 0 Å². The van der Waals surface area contributed by atoms with Crippen LogP contribution in [0.4, 0.5) is 0 Å². The number of carbonyl (C=O) groups is 1. The van der Waals surface area contributed by atoms with Crippen LogP contribution in [0.3, 0.4) is 0 Å². The first-order valence-electron chi connectivity index (χ1n) is 9.42. The van der Waals surface area contributed by atoms with Gasteiger partial charge in [0, 0.05) is 45.7 Å². The topological polar surface area (TPSA) is 44.8 Å². The van der Waals surface area contributed by atoms with Gasteiger partial charge in [-0.25, -0.2) is 0 Å². The van der Waals surface area contributed by atoms with Crippen LogP contribution in [-0.4, -0.2) is 68.6 Å². The maximum atomic E-state index is 12.5. The fourth-order valence-electron chi connectivity index (χ4n) is 3.90. The van der Waals surface area contributed by atoms with Crippen LogP contribution >= 0.6 is 0 Å². The molecule has 0 radical (unpaired) electrons. The van der Waals surface area contributed by atoms with Crippen molar-refractivity contribution in [2.75, 3.05) is 52.9 Å². The molecule has 2 aliphatic heterocycles. The van der Waals surface area contributed by atoms with Gasteiger partial charge in [-0.05, 0) is 42.5 Å². The van der Waals surface area contributed by atoms with Crippen molar-refractivity contribution >= 4 is 5.91 Å². The summed E-state index contributed by atoms with van der Waals surface area (Å²) in [6.45, 7) is 9.52. The lowest BCUT2D eigenvalue weighted by atomic mass is 9.89. The molecular formula is C20H31N3O2. The van der Waals surface area contributed by atoms with E-state index in [0.717, 1.165) is 58.0 Å². The number of methoxy groups -OCH3 is 1. The molecule has 2 heterocycles. The fraction of sp³-hybridized carbons (Fsp3) is 0.650. The number of benzene rings is 1. The van der Waals surface area contributed by atoms with Crippen molar-refractivity contribution < 1.29 is 9.53 Å². The number of piperazine rings is 1. The van der Waals surface area contributed by atoms with Gasteiger partial charge in [-0.3, -0.25) is 9.69 Å². The molecule has 0 aromatic heterocycles. The maximum absolute atomic E-state index is 12.5. The second-order valence-corrected chi connectivity index (χ2v) is 7.74. The Morgan fingerprint density at radius 2 is 1.92 bits per heavy atom. The van der Waals surface area contributed by atoms with E-state index in [4.69, 9.17) is 4.74 Å². The normalized spacial score (nSPS) is 24.5. The molecule has 1 aromatic rings. The number of hydrogen-bond donors (Lipinski definition) is 1. The lowest BCUT2D eigenvalue weighted by Gasteiger charge is -2.38. The molecule has 25 heavy (non-hydrogen) atoms. The molecule has 1 aromatic carbocycles. The minimum absolute atomic E-state index is 0.282. The molecule has 3 rings (SSSR count). The summed E-state index contributed by atoms with van der Waals surface area (Å²) in [6, 6.07) is 7.99. The molecule has 1 amide bonds. The van der Waals surface area contributed by atoms with E-state index < -0.39 is 0 Å². The summed E-state index contributed by atoms with van der Waals surface area (Å²) in [5.74, 6) is 1.14. The number of nitrogens with zero attached hydrogens (tertiary/aromatic N) is 2. The van der Waals surface area contributed by atoms with Crippen LogP contribution in [0.2, 0.25) is 0 Å². The summed E-state index contributed by atoms with van der Waals surface area (Å²) in [6.07, 6.45) is 2.65. The molecule has 2 aliphatic rings. The molecule has 0 saturated carbocycles. The molecule has 5 heteroatoms. The van der Waals surface area contributed by atoms with Crippen LogP contribution < -0.4 is 10.1 Å². The predicted octanol–water partition coefficient (Wildman–Crippen LogP) is 1.77. The zero-order chi connectivity index (χ0) is 17.7. The quantitative estimate of drug-likeness (QED) is 0.853. The highest BCUT2D eigenvalue weighted by Gasteiger charge is 2.32. The summed E-state index contributed by atoms with van der Waals surface area (Å²) in [4.78, 5) is 17.0. The monoisotopic (exact) mass is 345 g/mol. The van der Waals surface area contributed by atoms with Crippen molar-refractivity contribution in [3.63, 3.8) is 0 Å². The number of amides is 1. The first-order valence-corrected chi connectivity index (χ1v) is 9.42. The molecule has 0 spiro atoms. The van der Waals surface area contributed by atoms with Crippen molar-refractivity contribution in [2.24, 2.45) is 5.41 Å². The zero-order valence-electron chi connectivity index (χ0n) is 15.6. The van der Waals surface area contributed by atoms with E-state index in [9.17, 15) is 4.79 Å². The molecule has 1 unspecified atom stereocenters. The van der Waals surface area contributed by atoms with Crippen LogP contribution in [0, 0.1) is 5.41 Å². The minimum atomic E-state index is 0.282. The molecule has 2 saturated heterocycles. The highest BCUT2D eigenvalue weighted by atomic mass is 16.5. The van der Waals surface area contributed by atoms with Gasteiger partial charge in [0.25, 0.3) is 0 Å². The Hall–Kier alpha value is -1.59. The van der Waals surface area contributed by atoms with Gasteiger partial charge in [0.1, 0.15) is 5.75 Å². The van der Waals surface area contributed by atoms with Gasteiger partial charge in [-0.15, -0.1) is 0 Å². The van der Waals surface area contributed by atoms with Crippen LogP contribution in [0.1, 0.15) is 25.3 Å². The molecule has 0 aliphatic carbocycles. The van der Waals surface area contributed by atoms with Crippen molar-refractivity contribution in [1.29, 1.82) is 0 Å². The number of rotatable bonds is 6. The van der Waals surface area contributed by atoms with E-state index in [2.05, 4.69) is 17.1 Å². The second-order valence-electron chi connectivity index (χ2n) is 7.74. The molecule has 1 N–H and O–H groups in total. The standard InChI is InChI=1S/C20H31N3O2/c1-20(9-10-21-15-20)16-22-11-13-23(14-12-22)19(24)8-5-17-3-6-18(25-2)7-4-17/h3-4,6-7,21H,5,8-16H2,1-2H3. The minimum Gasteiger partial charge on any atom is -0.497 e. The van der Waals surface area contributed by atoms with E-state index >= 15 is 0 Å². The van der Waals surface area contributed by atoms with Crippen LogP contribution in [0.5, 0.6) is 5.75 Å². The fourth-order valence-corrected chi connectivity index (χ4v) is 3.90. The van der Waals surface area contributed by atoms with Crippen LogP contribution in [0.25, 0.3) is 0 Å². The number of ether oxygens (including phenoxy) is 1. The van der Waals surface area contributed by atoms with Crippen molar-refractivity contribution in [3.05, 3.63) is 29.8 Å². The van der Waals surface area contributed by atoms with E-state index in [-0.39, 0.29) is 5.91 Å². The Kier molecular flexibility index (Phi) is 5.97. The number of carbonyl (C=O) groups excluding carboxylic acids is 1. The third-order valence-corrected chi connectivity index (χ3v) is 5.57. The van der Waals surface area contributed by atoms with Crippen LogP contribution in [-0.2, 0) is 11.2 Å². The molecule has 0 bridgehead atoms. The highest BCUT2D eigenvalue weighted by molar-refractivity contribution is 5.76. The SMILES string of the molecule is COc1ccc(CCC(=O)N2CCN(CC3(C)CCNC3)CC2)cc1. The highest BCUT2D eigenvalue weighted by Crippen LogP contribution is 2.26. The summed E-state index contributed by atoms with van der Waals surface area (Å²) in [5.41, 5.74) is 1.59. The molecule has 5 nitrogen and oxygen atoms in total. The smallest absolute Gasteiger partial charge is 0.222 e. The van der Waals surface area contributed by atoms with E-state index in [0.29, 0.717) is 11.8 Å². The number of nitrogens with one attached hydrogen (secondary N) is 1. The van der Waals surface area contributed by atoms with Crippen molar-refractivity contribution in [3.8, 4) is 5.75 Å². The van der Waals surface area contributed by atoms with E-state index in [1.165, 1.54) is 12.0 Å². The third-order valence-electron chi connectivity index (χ3n) is 5.57. The Bertz CT molecular complexity index is 559. The third kappa shape index (κ3) is 4.95. The Balaban J connectivity index is 1.40. The predicted molar refractivity (Wildman–Crippen MR) is 99.9 cm³/mol. The van der Waals surface area contributed by atoms with Crippen molar-refractivity contribution in [1.82, 2.24) is 15.1 Å². The summed E-state index contributed by atoms with van der Waals surface area (Å²) in [7, 11) is 1.67. The summed E-state index contributed by atoms with van der Waals surface area (Å²) in [5, 5.41) is 3.47. The van der Waals surface area contributed by atoms with Gasteiger partial charge in [-0.1, -0.05) is 19.1 Å². The first kappa shape index (κ1) is 18.2. The van der Waals surface area contributed by atoms with Gasteiger partial charge < -0.3 is 15.0 Å². The summed E-state index contributed by atoms with van der Waals surface area (Å²) < 4.78 is 5.17. The van der Waals surface area contributed by atoms with Gasteiger partial charge in [0.05, 0.1) is 7.11 Å². The number of aryl methyl sites for hydroxylation is 1. The lowest BCUT2D eigenvalue weighted by molar-refractivity contribution is -0.133. The molecular weight excluding hydrogens is 314 g/mol. The molecule has 1 atom stereocenters. The maximum Gasteiger partial charge on any atom is 0.222 e. The largest absolute Gasteiger partial charge is 0.497 e. The van der Waals surface area contributed by atoms with Gasteiger partial charge in [-0.2, -0.15) is 0 Å². The Morgan fingerprint density at radius 1 is 1.20 bits per heavy atom. The Labute approximate surface area is 151 Å². The molecule has 2 fully saturated rings.